The number of aliphatic carboxylic acids is 1. The Morgan fingerprint density at radius 3 is 2.40 bits per heavy atom. The Morgan fingerprint density at radius 1 is 1.35 bits per heavy atom. The molecule has 0 aliphatic rings. The van der Waals surface area contributed by atoms with E-state index in [1.807, 2.05) is 13.8 Å². The van der Waals surface area contributed by atoms with Crippen molar-refractivity contribution in [2.75, 3.05) is 24.6 Å². The molecule has 0 fully saturated rings. The normalized spacial score (nSPS) is 12.1. The van der Waals surface area contributed by atoms with Gasteiger partial charge in [-0.15, -0.1) is 11.8 Å². The largest absolute Gasteiger partial charge is 0.480 e. The minimum Gasteiger partial charge on any atom is -0.480 e. The van der Waals surface area contributed by atoms with E-state index in [0.29, 0.717) is 6.54 Å². The van der Waals surface area contributed by atoms with Gasteiger partial charge in [0.25, 0.3) is 0 Å². The van der Waals surface area contributed by atoms with E-state index in [9.17, 15) is 14.4 Å². The predicted octanol–water partition coefficient (Wildman–Crippen LogP) is -0.495. The van der Waals surface area contributed by atoms with E-state index >= 15 is 0 Å². The van der Waals surface area contributed by atoms with E-state index in [4.69, 9.17) is 10.8 Å². The van der Waals surface area contributed by atoms with Crippen molar-refractivity contribution in [3.05, 3.63) is 0 Å². The second-order valence-electron chi connectivity index (χ2n) is 4.59. The van der Waals surface area contributed by atoms with Gasteiger partial charge in [-0.3, -0.25) is 14.4 Å². The van der Waals surface area contributed by atoms with Crippen molar-refractivity contribution in [2.24, 2.45) is 5.73 Å². The van der Waals surface area contributed by atoms with Crippen LogP contribution in [0.5, 0.6) is 0 Å². The molecule has 0 aromatic rings. The van der Waals surface area contributed by atoms with Crippen molar-refractivity contribution < 1.29 is 19.5 Å². The van der Waals surface area contributed by atoms with Crippen molar-refractivity contribution in [3.8, 4) is 0 Å². The summed E-state index contributed by atoms with van der Waals surface area (Å²) in [5.74, 6) is -1.22. The first-order valence-corrected chi connectivity index (χ1v) is 7.56. The summed E-state index contributed by atoms with van der Waals surface area (Å²) in [6.45, 7) is 5.92. The smallest absolute Gasteiger partial charge is 0.321 e. The van der Waals surface area contributed by atoms with Gasteiger partial charge in [-0.2, -0.15) is 0 Å². The quantitative estimate of drug-likeness (QED) is 0.529. The second-order valence-corrected chi connectivity index (χ2v) is 5.62. The molecule has 0 saturated carbocycles. The van der Waals surface area contributed by atoms with Crippen molar-refractivity contribution in [3.63, 3.8) is 0 Å². The van der Waals surface area contributed by atoms with Crippen molar-refractivity contribution in [1.82, 2.24) is 10.2 Å². The van der Waals surface area contributed by atoms with Crippen LogP contribution in [0.2, 0.25) is 0 Å². The standard InChI is InChI=1S/C12H23N3O4S/c1-4-15(5-10(16)14-8(2)3)11(17)7-20-6-9(13)12(18)19/h8-9H,4-7,13H2,1-3H3,(H,14,16)(H,18,19). The van der Waals surface area contributed by atoms with Gasteiger partial charge in [0, 0.05) is 18.3 Å². The summed E-state index contributed by atoms with van der Waals surface area (Å²) >= 11 is 1.15. The molecule has 7 nitrogen and oxygen atoms in total. The van der Waals surface area contributed by atoms with E-state index in [0.717, 1.165) is 11.8 Å². The number of rotatable bonds is 9. The number of nitrogens with two attached hydrogens (primary N) is 1. The number of carbonyl (C=O) groups excluding carboxylic acids is 2. The first-order valence-electron chi connectivity index (χ1n) is 6.41. The fourth-order valence-corrected chi connectivity index (χ4v) is 2.22. The Morgan fingerprint density at radius 2 is 1.95 bits per heavy atom. The number of hydrogen-bond donors (Lipinski definition) is 3. The van der Waals surface area contributed by atoms with Gasteiger partial charge in [0.05, 0.1) is 12.3 Å². The monoisotopic (exact) mass is 305 g/mol. The highest BCUT2D eigenvalue weighted by Gasteiger charge is 2.17. The molecule has 0 aliphatic heterocycles. The molecule has 0 aromatic heterocycles. The zero-order valence-corrected chi connectivity index (χ0v) is 12.9. The average Bonchev–Trinajstić information content (AvgIpc) is 2.34. The summed E-state index contributed by atoms with van der Waals surface area (Å²) in [5, 5.41) is 11.3. The third kappa shape index (κ3) is 8.00. The fraction of sp³-hybridized carbons (Fsp3) is 0.750. The molecular weight excluding hydrogens is 282 g/mol. The lowest BCUT2D eigenvalue weighted by atomic mass is 10.3. The van der Waals surface area contributed by atoms with Gasteiger partial charge in [-0.05, 0) is 20.8 Å². The molecule has 0 spiro atoms. The number of likely N-dealkylation sites (N-methyl/N-ethyl adjacent to an activating group) is 1. The van der Waals surface area contributed by atoms with Crippen LogP contribution < -0.4 is 11.1 Å². The fourth-order valence-electron chi connectivity index (χ4n) is 1.35. The molecule has 0 rings (SSSR count). The highest BCUT2D eigenvalue weighted by molar-refractivity contribution is 8.00. The van der Waals surface area contributed by atoms with Gasteiger partial charge in [-0.25, -0.2) is 0 Å². The zero-order chi connectivity index (χ0) is 15.7. The van der Waals surface area contributed by atoms with Crippen LogP contribution in [-0.4, -0.2) is 64.5 Å². The van der Waals surface area contributed by atoms with Gasteiger partial charge in [0.1, 0.15) is 6.04 Å². The topological polar surface area (TPSA) is 113 Å². The predicted molar refractivity (Wildman–Crippen MR) is 78.5 cm³/mol. The Hall–Kier alpha value is -1.28. The molecule has 0 aromatic carbocycles. The third-order valence-corrected chi connectivity index (χ3v) is 3.40. The summed E-state index contributed by atoms with van der Waals surface area (Å²) in [5.41, 5.74) is 5.34. The van der Waals surface area contributed by atoms with Gasteiger partial charge in [0.15, 0.2) is 0 Å². The van der Waals surface area contributed by atoms with Gasteiger partial charge < -0.3 is 21.1 Å². The lowest BCUT2D eigenvalue weighted by Gasteiger charge is -2.21. The lowest BCUT2D eigenvalue weighted by molar-refractivity contribution is -0.138. The van der Waals surface area contributed by atoms with Crippen LogP contribution >= 0.6 is 11.8 Å². The molecule has 0 heterocycles. The number of nitrogens with one attached hydrogen (secondary N) is 1. The second kappa shape index (κ2) is 9.60. The summed E-state index contributed by atoms with van der Waals surface area (Å²) in [6, 6.07) is -0.952. The van der Waals surface area contributed by atoms with Crippen molar-refractivity contribution >= 4 is 29.5 Å². The SMILES string of the molecule is CCN(CC(=O)NC(C)C)C(=O)CSCC(N)C(=O)O. The number of nitrogens with zero attached hydrogens (tertiary/aromatic N) is 1. The zero-order valence-electron chi connectivity index (χ0n) is 12.1. The molecule has 8 heteroatoms. The Balaban J connectivity index is 4.14. The van der Waals surface area contributed by atoms with Crippen LogP contribution in [0.4, 0.5) is 0 Å². The summed E-state index contributed by atoms with van der Waals surface area (Å²) in [6.07, 6.45) is 0. The third-order valence-electron chi connectivity index (χ3n) is 2.36. The van der Waals surface area contributed by atoms with Crippen LogP contribution in [0.3, 0.4) is 0 Å². The number of carboxylic acid groups (broad SMARTS) is 1. The van der Waals surface area contributed by atoms with Crippen molar-refractivity contribution in [2.45, 2.75) is 32.9 Å². The maximum Gasteiger partial charge on any atom is 0.321 e. The summed E-state index contributed by atoms with van der Waals surface area (Å²) in [7, 11) is 0. The highest BCUT2D eigenvalue weighted by atomic mass is 32.2. The molecule has 0 aliphatic carbocycles. The van der Waals surface area contributed by atoms with E-state index in [1.165, 1.54) is 4.90 Å². The summed E-state index contributed by atoms with van der Waals surface area (Å²) < 4.78 is 0. The first kappa shape index (κ1) is 18.7. The van der Waals surface area contributed by atoms with Crippen LogP contribution in [0.15, 0.2) is 0 Å². The molecule has 1 unspecified atom stereocenters. The minimum atomic E-state index is -1.09. The first-order chi connectivity index (χ1) is 9.27. The van der Waals surface area contributed by atoms with Crippen molar-refractivity contribution in [1.29, 1.82) is 0 Å². The molecule has 0 saturated heterocycles. The lowest BCUT2D eigenvalue weighted by Crippen LogP contribution is -2.43. The van der Waals surface area contributed by atoms with E-state index in [1.54, 1.807) is 6.92 Å². The number of thioether (sulfide) groups is 1. The van der Waals surface area contributed by atoms with Crippen LogP contribution in [0.25, 0.3) is 0 Å². The molecule has 1 atom stereocenters. The highest BCUT2D eigenvalue weighted by Crippen LogP contribution is 2.04. The van der Waals surface area contributed by atoms with Gasteiger partial charge in [0.2, 0.25) is 11.8 Å². The summed E-state index contributed by atoms with van der Waals surface area (Å²) in [4.78, 5) is 35.4. The number of carbonyl (C=O) groups is 3. The van der Waals surface area contributed by atoms with E-state index < -0.39 is 12.0 Å². The number of hydrogen-bond acceptors (Lipinski definition) is 5. The van der Waals surface area contributed by atoms with Gasteiger partial charge >= 0.3 is 5.97 Å². The van der Waals surface area contributed by atoms with Crippen LogP contribution in [-0.2, 0) is 14.4 Å². The number of carboxylic acids is 1. The molecule has 0 bridgehead atoms. The van der Waals surface area contributed by atoms with Crippen LogP contribution in [0.1, 0.15) is 20.8 Å². The van der Waals surface area contributed by atoms with Gasteiger partial charge in [-0.1, -0.05) is 0 Å². The Labute approximate surface area is 123 Å². The Kier molecular flexibility index (Phi) is 8.98. The molecule has 2 amide bonds. The maximum absolute atomic E-state index is 11.9. The molecule has 0 radical (unpaired) electrons. The minimum absolute atomic E-state index is 0.0130. The molecule has 4 N–H and O–H groups in total. The van der Waals surface area contributed by atoms with E-state index in [2.05, 4.69) is 5.32 Å². The Bertz CT molecular complexity index is 350. The van der Waals surface area contributed by atoms with E-state index in [-0.39, 0.29) is 35.9 Å². The molecular formula is C12H23N3O4S. The average molecular weight is 305 g/mol. The maximum atomic E-state index is 11.9. The molecule has 20 heavy (non-hydrogen) atoms. The molecule has 116 valence electrons. The number of amides is 2. The van der Waals surface area contributed by atoms with Crippen LogP contribution in [0, 0.1) is 0 Å².